The highest BCUT2D eigenvalue weighted by molar-refractivity contribution is 8.03. The minimum atomic E-state index is -4.30. The second kappa shape index (κ2) is 5.37. The lowest BCUT2D eigenvalue weighted by Gasteiger charge is -2.15. The van der Waals surface area contributed by atoms with Gasteiger partial charge in [-0.3, -0.25) is 0 Å². The zero-order chi connectivity index (χ0) is 11.5. The van der Waals surface area contributed by atoms with Gasteiger partial charge in [0.05, 0.1) is 0 Å². The molecule has 0 aliphatic rings. The maximum absolute atomic E-state index is 12.3. The predicted molar refractivity (Wildman–Crippen MR) is 56.4 cm³/mol. The zero-order valence-corrected chi connectivity index (χ0v) is 10.1. The molecule has 0 fully saturated rings. The Labute approximate surface area is 97.0 Å². The van der Waals surface area contributed by atoms with Gasteiger partial charge < -0.3 is 5.73 Å². The first-order chi connectivity index (χ1) is 6.97. The van der Waals surface area contributed by atoms with Gasteiger partial charge in [-0.2, -0.15) is 13.2 Å². The lowest BCUT2D eigenvalue weighted by atomic mass is 10.4. The summed E-state index contributed by atoms with van der Waals surface area (Å²) in [5.41, 5.74) is 5.06. The van der Waals surface area contributed by atoms with Crippen LogP contribution in [0.5, 0.6) is 0 Å². The molecule has 0 aliphatic carbocycles. The molecule has 9 heteroatoms. The van der Waals surface area contributed by atoms with E-state index in [4.69, 9.17) is 5.73 Å². The van der Waals surface area contributed by atoms with E-state index in [2.05, 4.69) is 10.2 Å². The summed E-state index contributed by atoms with van der Waals surface area (Å²) in [4.78, 5) is 0. The number of hydrogen-bond donors (Lipinski definition) is 1. The van der Waals surface area contributed by atoms with Gasteiger partial charge >= 0.3 is 6.18 Å². The first-order valence-electron chi connectivity index (χ1n) is 3.78. The first kappa shape index (κ1) is 13.1. The van der Waals surface area contributed by atoms with Crippen LogP contribution in [0, 0.1) is 0 Å². The zero-order valence-electron chi connectivity index (χ0n) is 7.61. The summed E-state index contributed by atoms with van der Waals surface area (Å²) in [5, 5.41) is 5.74. The fourth-order valence-corrected chi connectivity index (χ4v) is 3.20. The van der Waals surface area contributed by atoms with Gasteiger partial charge in [0.25, 0.3) is 0 Å². The summed E-state index contributed by atoms with van der Waals surface area (Å²) < 4.78 is 38.0. The molecule has 0 spiro atoms. The quantitative estimate of drug-likeness (QED) is 0.854. The van der Waals surface area contributed by atoms with E-state index in [9.17, 15) is 13.2 Å². The van der Waals surface area contributed by atoms with Crippen LogP contribution in [0.25, 0.3) is 0 Å². The van der Waals surface area contributed by atoms with E-state index in [1.165, 1.54) is 11.8 Å². The molecule has 1 rings (SSSR count). The SMILES string of the molecule is CSc1nnc(SC(CN)C(F)(F)F)s1. The Balaban J connectivity index is 2.67. The van der Waals surface area contributed by atoms with Gasteiger partial charge in [0.2, 0.25) is 0 Å². The Morgan fingerprint density at radius 1 is 1.40 bits per heavy atom. The van der Waals surface area contributed by atoms with Crippen LogP contribution in [0.1, 0.15) is 0 Å². The monoisotopic (exact) mass is 275 g/mol. The third kappa shape index (κ3) is 3.82. The second-order valence-corrected chi connectivity index (χ2v) is 5.90. The molecule has 1 aromatic heterocycles. The lowest BCUT2D eigenvalue weighted by Crippen LogP contribution is -2.32. The molecule has 2 N–H and O–H groups in total. The number of halogens is 3. The van der Waals surface area contributed by atoms with E-state index >= 15 is 0 Å². The molecule has 0 radical (unpaired) electrons. The van der Waals surface area contributed by atoms with Gasteiger partial charge in [0.1, 0.15) is 5.25 Å². The lowest BCUT2D eigenvalue weighted by molar-refractivity contribution is -0.126. The van der Waals surface area contributed by atoms with Crippen LogP contribution in [0.2, 0.25) is 0 Å². The van der Waals surface area contributed by atoms with Crippen LogP contribution in [-0.4, -0.2) is 34.4 Å². The van der Waals surface area contributed by atoms with Crippen molar-refractivity contribution in [3.05, 3.63) is 0 Å². The van der Waals surface area contributed by atoms with Crippen LogP contribution in [0.3, 0.4) is 0 Å². The maximum atomic E-state index is 12.3. The normalized spacial score (nSPS) is 14.2. The number of nitrogens with two attached hydrogens (primary N) is 1. The van der Waals surface area contributed by atoms with Crippen molar-refractivity contribution in [2.24, 2.45) is 5.73 Å². The van der Waals surface area contributed by atoms with Crippen molar-refractivity contribution < 1.29 is 13.2 Å². The predicted octanol–water partition coefficient (Wildman–Crippen LogP) is 2.24. The first-order valence-corrected chi connectivity index (χ1v) is 6.70. The Bertz CT molecular complexity index is 314. The molecular weight excluding hydrogens is 267 g/mol. The number of rotatable bonds is 4. The standard InChI is InChI=1S/C6H8F3N3S3/c1-13-4-11-12-5(15-4)14-3(2-10)6(7,8)9/h3H,2,10H2,1H3. The van der Waals surface area contributed by atoms with E-state index in [0.29, 0.717) is 20.4 Å². The van der Waals surface area contributed by atoms with Crippen LogP contribution in [0.4, 0.5) is 13.2 Å². The molecule has 0 saturated carbocycles. The summed E-state index contributed by atoms with van der Waals surface area (Å²) in [6, 6.07) is 0. The van der Waals surface area contributed by atoms with Crippen LogP contribution < -0.4 is 5.73 Å². The van der Waals surface area contributed by atoms with Crippen molar-refractivity contribution in [1.82, 2.24) is 10.2 Å². The van der Waals surface area contributed by atoms with E-state index in [1.54, 1.807) is 6.26 Å². The van der Waals surface area contributed by atoms with Crippen molar-refractivity contribution in [2.75, 3.05) is 12.8 Å². The molecule has 1 aromatic rings. The summed E-state index contributed by atoms with van der Waals surface area (Å²) in [6.07, 6.45) is -2.51. The number of thioether (sulfide) groups is 2. The smallest absolute Gasteiger partial charge is 0.329 e. The number of aromatic nitrogens is 2. The number of nitrogens with zero attached hydrogens (tertiary/aromatic N) is 2. The summed E-state index contributed by atoms with van der Waals surface area (Å²) in [6.45, 7) is -0.456. The molecule has 0 amide bonds. The highest BCUT2D eigenvalue weighted by Gasteiger charge is 2.40. The molecule has 0 saturated heterocycles. The maximum Gasteiger partial charge on any atom is 0.402 e. The van der Waals surface area contributed by atoms with Crippen LogP contribution in [-0.2, 0) is 0 Å². The number of alkyl halides is 3. The molecule has 1 heterocycles. The highest BCUT2D eigenvalue weighted by Crippen LogP contribution is 2.36. The molecule has 1 unspecified atom stereocenters. The molecule has 15 heavy (non-hydrogen) atoms. The van der Waals surface area contributed by atoms with Gasteiger partial charge in [-0.1, -0.05) is 34.9 Å². The summed E-state index contributed by atoms with van der Waals surface area (Å²) in [7, 11) is 0. The minimum absolute atomic E-state index is 0.298. The van der Waals surface area contributed by atoms with Gasteiger partial charge in [0.15, 0.2) is 8.68 Å². The minimum Gasteiger partial charge on any atom is -0.329 e. The van der Waals surface area contributed by atoms with E-state index < -0.39 is 18.0 Å². The molecule has 1 atom stereocenters. The van der Waals surface area contributed by atoms with Crippen molar-refractivity contribution >= 4 is 34.9 Å². The third-order valence-electron chi connectivity index (χ3n) is 1.38. The van der Waals surface area contributed by atoms with Crippen LogP contribution in [0.15, 0.2) is 8.68 Å². The highest BCUT2D eigenvalue weighted by atomic mass is 32.2. The Morgan fingerprint density at radius 2 is 2.00 bits per heavy atom. The molecule has 0 aliphatic heterocycles. The Kier molecular flexibility index (Phi) is 4.68. The summed E-state index contributed by atoms with van der Waals surface area (Å²) >= 11 is 3.11. The van der Waals surface area contributed by atoms with Gasteiger partial charge in [0, 0.05) is 6.54 Å². The summed E-state index contributed by atoms with van der Waals surface area (Å²) in [5.74, 6) is 0. The number of hydrogen-bond acceptors (Lipinski definition) is 6. The van der Waals surface area contributed by atoms with Crippen molar-refractivity contribution in [3.63, 3.8) is 0 Å². The molecule has 0 aromatic carbocycles. The topological polar surface area (TPSA) is 51.8 Å². The van der Waals surface area contributed by atoms with E-state index in [-0.39, 0.29) is 0 Å². The molecule has 3 nitrogen and oxygen atoms in total. The Morgan fingerprint density at radius 3 is 2.40 bits per heavy atom. The molecule has 86 valence electrons. The fourth-order valence-electron chi connectivity index (χ4n) is 0.698. The van der Waals surface area contributed by atoms with Crippen molar-refractivity contribution in [3.8, 4) is 0 Å². The largest absolute Gasteiger partial charge is 0.402 e. The fraction of sp³-hybridized carbons (Fsp3) is 0.667. The van der Waals surface area contributed by atoms with Crippen molar-refractivity contribution in [1.29, 1.82) is 0 Å². The average molecular weight is 275 g/mol. The molecule has 0 bridgehead atoms. The molecular formula is C6H8F3N3S3. The van der Waals surface area contributed by atoms with Crippen molar-refractivity contribution in [2.45, 2.75) is 20.1 Å². The van der Waals surface area contributed by atoms with E-state index in [0.717, 1.165) is 11.3 Å². The van der Waals surface area contributed by atoms with Crippen LogP contribution >= 0.6 is 34.9 Å². The third-order valence-corrected chi connectivity index (χ3v) is 4.64. The van der Waals surface area contributed by atoms with Gasteiger partial charge in [-0.15, -0.1) is 10.2 Å². The second-order valence-electron chi connectivity index (χ2n) is 2.42. The Hall–Kier alpha value is 0.01000. The van der Waals surface area contributed by atoms with E-state index in [1.807, 2.05) is 0 Å². The average Bonchev–Trinajstić information content (AvgIpc) is 2.59. The van der Waals surface area contributed by atoms with Gasteiger partial charge in [-0.25, -0.2) is 0 Å². The van der Waals surface area contributed by atoms with Gasteiger partial charge in [-0.05, 0) is 6.26 Å².